The molecule has 0 aliphatic carbocycles. The summed E-state index contributed by atoms with van der Waals surface area (Å²) < 4.78 is 39.2. The number of aryl methyl sites for hydroxylation is 1. The first kappa shape index (κ1) is 18.8. The second kappa shape index (κ2) is 7.54. The number of alkyl halides is 3. The lowest BCUT2D eigenvalue weighted by atomic mass is 10.1. The molecule has 0 N–H and O–H groups in total. The molecular weight excluding hydrogens is 349 g/mol. The van der Waals surface area contributed by atoms with E-state index in [9.17, 15) is 18.4 Å². The van der Waals surface area contributed by atoms with Crippen molar-refractivity contribution >= 4 is 11.8 Å². The molecule has 0 spiro atoms. The number of hydrogen-bond donors (Lipinski definition) is 0. The first-order valence-corrected chi connectivity index (χ1v) is 8.25. The van der Waals surface area contributed by atoms with Crippen LogP contribution in [0.25, 0.3) is 0 Å². The standard InChI is InChI=1S/C17H13F3N4S/c1-3-12-13(9-22)16(24-23-15(12)4-2)25-11-6-5-10(8-21)14(7-11)17(18,19)20/h5-7H,3-4H2,1-2H3. The zero-order chi connectivity index (χ0) is 18.6. The molecule has 0 unspecified atom stereocenters. The molecule has 1 heterocycles. The van der Waals surface area contributed by atoms with Gasteiger partial charge in [-0.2, -0.15) is 28.8 Å². The number of benzene rings is 1. The fraction of sp³-hybridized carbons (Fsp3) is 0.294. The molecular formula is C17H13F3N4S. The SMILES string of the molecule is CCc1nnc(Sc2ccc(C#N)c(C(F)(F)F)c2)c(C#N)c1CC. The molecule has 4 nitrogen and oxygen atoms in total. The molecule has 25 heavy (non-hydrogen) atoms. The first-order valence-electron chi connectivity index (χ1n) is 7.43. The number of rotatable bonds is 4. The minimum Gasteiger partial charge on any atom is -0.192 e. The molecule has 0 aliphatic heterocycles. The molecule has 0 amide bonds. The van der Waals surface area contributed by atoms with Gasteiger partial charge in [-0.25, -0.2) is 0 Å². The van der Waals surface area contributed by atoms with Crippen molar-refractivity contribution in [2.24, 2.45) is 0 Å². The van der Waals surface area contributed by atoms with Crippen LogP contribution < -0.4 is 0 Å². The topological polar surface area (TPSA) is 73.4 Å². The van der Waals surface area contributed by atoms with Crippen LogP contribution in [-0.2, 0) is 19.0 Å². The van der Waals surface area contributed by atoms with Crippen LogP contribution in [0.1, 0.15) is 41.8 Å². The van der Waals surface area contributed by atoms with E-state index in [0.29, 0.717) is 24.1 Å². The number of nitrogens with zero attached hydrogens (tertiary/aromatic N) is 4. The Labute approximate surface area is 147 Å². The summed E-state index contributed by atoms with van der Waals surface area (Å²) in [4.78, 5) is 0.239. The van der Waals surface area contributed by atoms with Gasteiger partial charge in [-0.3, -0.25) is 0 Å². The van der Waals surface area contributed by atoms with Gasteiger partial charge in [-0.15, -0.1) is 5.10 Å². The van der Waals surface area contributed by atoms with Crippen molar-refractivity contribution in [1.82, 2.24) is 10.2 Å². The van der Waals surface area contributed by atoms with Gasteiger partial charge < -0.3 is 0 Å². The van der Waals surface area contributed by atoms with Crippen LogP contribution in [-0.4, -0.2) is 10.2 Å². The van der Waals surface area contributed by atoms with Gasteiger partial charge in [0.15, 0.2) is 0 Å². The number of aromatic nitrogens is 2. The van der Waals surface area contributed by atoms with Crippen LogP contribution in [0, 0.1) is 22.7 Å². The summed E-state index contributed by atoms with van der Waals surface area (Å²) in [5, 5.41) is 26.6. The summed E-state index contributed by atoms with van der Waals surface area (Å²) in [5.41, 5.74) is 0.343. The van der Waals surface area contributed by atoms with Gasteiger partial charge in [0.1, 0.15) is 11.1 Å². The van der Waals surface area contributed by atoms with E-state index in [4.69, 9.17) is 5.26 Å². The van der Waals surface area contributed by atoms with E-state index >= 15 is 0 Å². The lowest BCUT2D eigenvalue weighted by Crippen LogP contribution is -2.08. The Hall–Kier alpha value is -2.58. The quantitative estimate of drug-likeness (QED) is 0.800. The van der Waals surface area contributed by atoms with Crippen LogP contribution in [0.3, 0.4) is 0 Å². The highest BCUT2D eigenvalue weighted by Crippen LogP contribution is 2.37. The van der Waals surface area contributed by atoms with E-state index in [1.54, 1.807) is 0 Å². The van der Waals surface area contributed by atoms with Crippen molar-refractivity contribution in [3.8, 4) is 12.1 Å². The zero-order valence-corrected chi connectivity index (χ0v) is 14.3. The minimum atomic E-state index is -4.63. The highest BCUT2D eigenvalue weighted by molar-refractivity contribution is 7.99. The lowest BCUT2D eigenvalue weighted by Gasteiger charge is -2.12. The highest BCUT2D eigenvalue weighted by atomic mass is 32.2. The molecule has 0 bridgehead atoms. The molecule has 2 rings (SSSR count). The van der Waals surface area contributed by atoms with Crippen molar-refractivity contribution in [1.29, 1.82) is 10.5 Å². The molecule has 0 saturated carbocycles. The van der Waals surface area contributed by atoms with Crippen molar-refractivity contribution in [2.45, 2.75) is 42.8 Å². The molecule has 0 aliphatic rings. The van der Waals surface area contributed by atoms with E-state index < -0.39 is 17.3 Å². The molecule has 0 radical (unpaired) electrons. The second-order valence-corrected chi connectivity index (χ2v) is 6.11. The van der Waals surface area contributed by atoms with E-state index in [2.05, 4.69) is 16.3 Å². The molecule has 1 aromatic carbocycles. The zero-order valence-electron chi connectivity index (χ0n) is 13.5. The van der Waals surface area contributed by atoms with Crippen LogP contribution in [0.15, 0.2) is 28.1 Å². The third-order valence-corrected chi connectivity index (χ3v) is 4.53. The maximum atomic E-state index is 13.1. The Bertz CT molecular complexity index is 879. The van der Waals surface area contributed by atoms with Crippen LogP contribution in [0.5, 0.6) is 0 Å². The van der Waals surface area contributed by atoms with E-state index in [0.717, 1.165) is 29.5 Å². The summed E-state index contributed by atoms with van der Waals surface area (Å²) in [7, 11) is 0. The van der Waals surface area contributed by atoms with Crippen LogP contribution in [0.2, 0.25) is 0 Å². The molecule has 128 valence electrons. The lowest BCUT2D eigenvalue weighted by molar-refractivity contribution is -0.137. The molecule has 2 aromatic rings. The average Bonchev–Trinajstić information content (AvgIpc) is 2.60. The van der Waals surface area contributed by atoms with E-state index in [1.165, 1.54) is 12.1 Å². The second-order valence-electron chi connectivity index (χ2n) is 5.04. The normalized spacial score (nSPS) is 11.0. The van der Waals surface area contributed by atoms with Gasteiger partial charge >= 0.3 is 6.18 Å². The van der Waals surface area contributed by atoms with E-state index in [-0.39, 0.29) is 9.92 Å². The summed E-state index contributed by atoms with van der Waals surface area (Å²) >= 11 is 0.931. The van der Waals surface area contributed by atoms with Gasteiger partial charge in [-0.05, 0) is 36.6 Å². The largest absolute Gasteiger partial charge is 0.417 e. The number of hydrogen-bond acceptors (Lipinski definition) is 5. The van der Waals surface area contributed by atoms with Gasteiger partial charge in [-0.1, -0.05) is 25.6 Å². The Kier molecular flexibility index (Phi) is 5.66. The van der Waals surface area contributed by atoms with Gasteiger partial charge in [0.25, 0.3) is 0 Å². The predicted octanol–water partition coefficient (Wildman–Crippen LogP) is 4.51. The molecule has 8 heteroatoms. The van der Waals surface area contributed by atoms with Crippen LogP contribution in [0.4, 0.5) is 13.2 Å². The summed E-state index contributed by atoms with van der Waals surface area (Å²) in [6.07, 6.45) is -3.44. The molecule has 0 saturated heterocycles. The Morgan fingerprint density at radius 3 is 2.32 bits per heavy atom. The van der Waals surface area contributed by atoms with Crippen molar-refractivity contribution in [2.75, 3.05) is 0 Å². The van der Waals surface area contributed by atoms with Crippen LogP contribution >= 0.6 is 11.8 Å². The molecule has 1 aromatic heterocycles. The first-order chi connectivity index (χ1) is 11.8. The maximum Gasteiger partial charge on any atom is 0.417 e. The summed E-state index contributed by atoms with van der Waals surface area (Å²) in [6.45, 7) is 3.78. The van der Waals surface area contributed by atoms with Crippen molar-refractivity contribution in [3.63, 3.8) is 0 Å². The van der Waals surface area contributed by atoms with Gasteiger partial charge in [0, 0.05) is 4.90 Å². The fourth-order valence-electron chi connectivity index (χ4n) is 2.37. The van der Waals surface area contributed by atoms with Gasteiger partial charge in [0.05, 0.1) is 28.5 Å². The van der Waals surface area contributed by atoms with Crippen molar-refractivity contribution < 1.29 is 13.2 Å². The summed E-state index contributed by atoms with van der Waals surface area (Å²) in [6, 6.07) is 7.03. The van der Waals surface area contributed by atoms with Gasteiger partial charge in [0.2, 0.25) is 0 Å². The molecule has 0 fully saturated rings. The smallest absolute Gasteiger partial charge is 0.192 e. The Balaban J connectivity index is 2.51. The Morgan fingerprint density at radius 2 is 1.80 bits per heavy atom. The Morgan fingerprint density at radius 1 is 1.08 bits per heavy atom. The minimum absolute atomic E-state index is 0.239. The highest BCUT2D eigenvalue weighted by Gasteiger charge is 2.34. The number of nitriles is 2. The number of halogens is 3. The van der Waals surface area contributed by atoms with E-state index in [1.807, 2.05) is 13.8 Å². The fourth-order valence-corrected chi connectivity index (χ4v) is 3.26. The predicted molar refractivity (Wildman–Crippen MR) is 85.8 cm³/mol. The third kappa shape index (κ3) is 3.92. The monoisotopic (exact) mass is 362 g/mol. The van der Waals surface area contributed by atoms with Crippen molar-refractivity contribution in [3.05, 3.63) is 46.1 Å². The average molecular weight is 362 g/mol. The molecule has 0 atom stereocenters. The summed E-state index contributed by atoms with van der Waals surface area (Å²) in [5.74, 6) is 0. The third-order valence-electron chi connectivity index (χ3n) is 3.56. The maximum absolute atomic E-state index is 13.1.